The standard InChI is InChI=1S/C16H14S/c1-3-16(2,14-10-6-4-7-11-14)17-15-12-8-5-9-13-15/h1,4-13H,2H3/i10D. The largest absolute Gasteiger partial charge is 0.118 e. The molecular formula is C16H14S. The van der Waals surface area contributed by atoms with E-state index in [-0.39, 0.29) is 0 Å². The van der Waals surface area contributed by atoms with E-state index < -0.39 is 4.75 Å². The molecular weight excluding hydrogens is 224 g/mol. The Kier molecular flexibility index (Phi) is 3.16. The predicted molar refractivity (Wildman–Crippen MR) is 74.9 cm³/mol. The Morgan fingerprint density at radius 2 is 1.76 bits per heavy atom. The average molecular weight is 239 g/mol. The first kappa shape index (κ1) is 10.5. The second kappa shape index (κ2) is 5.12. The Hall–Kier alpha value is -1.65. The van der Waals surface area contributed by atoms with E-state index in [0.29, 0.717) is 6.04 Å². The van der Waals surface area contributed by atoms with Crippen molar-refractivity contribution in [2.75, 3.05) is 0 Å². The molecule has 0 aliphatic carbocycles. The number of benzene rings is 2. The van der Waals surface area contributed by atoms with Gasteiger partial charge in [-0.05, 0) is 24.6 Å². The minimum atomic E-state index is -0.514. The van der Waals surface area contributed by atoms with Crippen LogP contribution in [0, 0.1) is 12.3 Å². The zero-order chi connectivity index (χ0) is 13.0. The van der Waals surface area contributed by atoms with Crippen LogP contribution in [0.3, 0.4) is 0 Å². The molecule has 0 aliphatic heterocycles. The van der Waals surface area contributed by atoms with Crippen LogP contribution in [0.5, 0.6) is 0 Å². The topological polar surface area (TPSA) is 0 Å². The van der Waals surface area contributed by atoms with E-state index >= 15 is 0 Å². The first-order valence-corrected chi connectivity index (χ1v) is 6.25. The third-order valence-corrected chi connectivity index (χ3v) is 3.82. The lowest BCUT2D eigenvalue weighted by Crippen LogP contribution is -2.14. The summed E-state index contributed by atoms with van der Waals surface area (Å²) in [6.07, 6.45) is 5.70. The van der Waals surface area contributed by atoms with Gasteiger partial charge >= 0.3 is 0 Å². The Bertz CT molecular complexity index is 571. The third kappa shape index (κ3) is 2.72. The summed E-state index contributed by atoms with van der Waals surface area (Å²) in [5.41, 5.74) is 0.876. The maximum atomic E-state index is 7.99. The van der Waals surface area contributed by atoms with Gasteiger partial charge in [0, 0.05) is 4.90 Å². The Labute approximate surface area is 108 Å². The molecule has 0 amide bonds. The second-order valence-electron chi connectivity index (χ2n) is 3.87. The molecule has 0 spiro atoms. The zero-order valence-electron chi connectivity index (χ0n) is 10.7. The summed E-state index contributed by atoms with van der Waals surface area (Å²) in [4.78, 5) is 1.11. The minimum Gasteiger partial charge on any atom is -0.118 e. The maximum Gasteiger partial charge on any atom is 0.103 e. The average Bonchev–Trinajstić information content (AvgIpc) is 2.40. The summed E-state index contributed by atoms with van der Waals surface area (Å²) in [6, 6.07) is 18.0. The molecule has 84 valence electrons. The smallest absolute Gasteiger partial charge is 0.103 e. The molecule has 2 rings (SSSR count). The highest BCUT2D eigenvalue weighted by molar-refractivity contribution is 8.00. The third-order valence-electron chi connectivity index (χ3n) is 2.56. The Morgan fingerprint density at radius 1 is 1.12 bits per heavy atom. The summed E-state index contributed by atoms with van der Waals surface area (Å²) in [5, 5.41) is 0. The molecule has 0 heterocycles. The summed E-state index contributed by atoms with van der Waals surface area (Å²) in [6.45, 7) is 1.98. The van der Waals surface area contributed by atoms with Gasteiger partial charge in [0.15, 0.2) is 0 Å². The van der Waals surface area contributed by atoms with E-state index in [0.717, 1.165) is 10.5 Å². The SMILES string of the molecule is [2H]c1ccccc1C(C)(C#C)Sc1ccccc1. The van der Waals surface area contributed by atoms with Crippen LogP contribution < -0.4 is 0 Å². The molecule has 0 saturated heterocycles. The Balaban J connectivity index is 2.38. The first-order chi connectivity index (χ1) is 8.65. The van der Waals surface area contributed by atoms with Gasteiger partial charge in [0.2, 0.25) is 0 Å². The van der Waals surface area contributed by atoms with E-state index in [1.165, 1.54) is 0 Å². The molecule has 0 aliphatic rings. The molecule has 2 aromatic carbocycles. The van der Waals surface area contributed by atoms with Crippen molar-refractivity contribution in [3.63, 3.8) is 0 Å². The molecule has 2 aromatic rings. The number of hydrogen-bond acceptors (Lipinski definition) is 1. The zero-order valence-corrected chi connectivity index (χ0v) is 10.5. The van der Waals surface area contributed by atoms with Gasteiger partial charge < -0.3 is 0 Å². The molecule has 0 fully saturated rings. The maximum absolute atomic E-state index is 7.99. The number of terminal acetylenes is 1. The Morgan fingerprint density at radius 3 is 2.41 bits per heavy atom. The molecule has 0 bridgehead atoms. The quantitative estimate of drug-likeness (QED) is 0.567. The lowest BCUT2D eigenvalue weighted by Gasteiger charge is -2.23. The highest BCUT2D eigenvalue weighted by atomic mass is 32.2. The van der Waals surface area contributed by atoms with E-state index in [4.69, 9.17) is 7.79 Å². The van der Waals surface area contributed by atoms with E-state index in [9.17, 15) is 0 Å². The molecule has 1 heteroatoms. The normalized spacial score (nSPS) is 14.5. The molecule has 0 nitrogen and oxygen atoms in total. The molecule has 0 N–H and O–H groups in total. The predicted octanol–water partition coefficient (Wildman–Crippen LogP) is 4.33. The van der Waals surface area contributed by atoms with Crippen molar-refractivity contribution in [1.82, 2.24) is 0 Å². The van der Waals surface area contributed by atoms with Crippen LogP contribution in [-0.2, 0) is 4.75 Å². The van der Waals surface area contributed by atoms with Crippen LogP contribution in [0.15, 0.2) is 65.5 Å². The van der Waals surface area contributed by atoms with Crippen molar-refractivity contribution in [2.24, 2.45) is 0 Å². The lowest BCUT2D eigenvalue weighted by atomic mass is 10.0. The van der Waals surface area contributed by atoms with Crippen molar-refractivity contribution >= 4 is 11.8 Å². The van der Waals surface area contributed by atoms with E-state index in [1.54, 1.807) is 17.8 Å². The molecule has 1 unspecified atom stereocenters. The van der Waals surface area contributed by atoms with Crippen molar-refractivity contribution < 1.29 is 1.37 Å². The molecule has 1 atom stereocenters. The second-order valence-corrected chi connectivity index (χ2v) is 5.36. The minimum absolute atomic E-state index is 0.487. The fourth-order valence-electron chi connectivity index (χ4n) is 1.58. The van der Waals surface area contributed by atoms with Crippen molar-refractivity contribution in [3.8, 4) is 12.3 Å². The van der Waals surface area contributed by atoms with Crippen LogP contribution >= 0.6 is 11.8 Å². The molecule has 17 heavy (non-hydrogen) atoms. The van der Waals surface area contributed by atoms with Crippen LogP contribution in [0.1, 0.15) is 13.9 Å². The molecule has 0 radical (unpaired) electrons. The van der Waals surface area contributed by atoms with E-state index in [1.807, 2.05) is 55.5 Å². The van der Waals surface area contributed by atoms with Gasteiger partial charge in [-0.1, -0.05) is 54.4 Å². The number of rotatable bonds is 3. The molecule has 0 aromatic heterocycles. The van der Waals surface area contributed by atoms with Gasteiger partial charge in [0.05, 0.1) is 1.37 Å². The lowest BCUT2D eigenvalue weighted by molar-refractivity contribution is 0.914. The van der Waals surface area contributed by atoms with Crippen LogP contribution in [0.4, 0.5) is 0 Å². The molecule has 0 saturated carbocycles. The van der Waals surface area contributed by atoms with Crippen LogP contribution in [0.2, 0.25) is 0 Å². The fraction of sp³-hybridized carbons (Fsp3) is 0.125. The van der Waals surface area contributed by atoms with Gasteiger partial charge in [-0.25, -0.2) is 0 Å². The van der Waals surface area contributed by atoms with Gasteiger partial charge in [-0.2, -0.15) is 0 Å². The summed E-state index contributed by atoms with van der Waals surface area (Å²) in [7, 11) is 0. The van der Waals surface area contributed by atoms with Crippen molar-refractivity contribution in [2.45, 2.75) is 16.6 Å². The first-order valence-electron chi connectivity index (χ1n) is 5.93. The van der Waals surface area contributed by atoms with Crippen molar-refractivity contribution in [3.05, 3.63) is 66.2 Å². The summed E-state index contributed by atoms with van der Waals surface area (Å²) < 4.78 is 7.47. The summed E-state index contributed by atoms with van der Waals surface area (Å²) in [5.74, 6) is 2.83. The monoisotopic (exact) mass is 239 g/mol. The van der Waals surface area contributed by atoms with Gasteiger partial charge in [-0.3, -0.25) is 0 Å². The number of thioether (sulfide) groups is 1. The van der Waals surface area contributed by atoms with E-state index in [2.05, 4.69) is 5.92 Å². The van der Waals surface area contributed by atoms with Gasteiger partial charge in [-0.15, -0.1) is 18.2 Å². The highest BCUT2D eigenvalue weighted by Crippen LogP contribution is 2.40. The van der Waals surface area contributed by atoms with Crippen LogP contribution in [0.25, 0.3) is 0 Å². The van der Waals surface area contributed by atoms with Gasteiger partial charge in [0.25, 0.3) is 0 Å². The van der Waals surface area contributed by atoms with Gasteiger partial charge in [0.1, 0.15) is 4.75 Å². The summed E-state index contributed by atoms with van der Waals surface area (Å²) >= 11 is 1.60. The van der Waals surface area contributed by atoms with Crippen molar-refractivity contribution in [1.29, 1.82) is 0 Å². The number of hydrogen-bond donors (Lipinski definition) is 0. The highest BCUT2D eigenvalue weighted by Gasteiger charge is 2.24. The fourth-order valence-corrected chi connectivity index (χ4v) is 2.64. The van der Waals surface area contributed by atoms with Crippen LogP contribution in [-0.4, -0.2) is 0 Å².